The van der Waals surface area contributed by atoms with Gasteiger partial charge in [-0.3, -0.25) is 0 Å². The summed E-state index contributed by atoms with van der Waals surface area (Å²) in [5, 5.41) is 0. The van der Waals surface area contributed by atoms with E-state index in [-0.39, 0.29) is 74.6 Å². The first-order valence-corrected chi connectivity index (χ1v) is 10.2. The molecule has 0 atom stereocenters. The van der Waals surface area contributed by atoms with Crippen molar-refractivity contribution < 1.29 is 51.3 Å². The molecule has 6 heavy (non-hydrogen) atoms. The van der Waals surface area contributed by atoms with E-state index < -0.39 is 0 Å². The SMILES string of the molecule is [AlH3].[Cu].[Fe].[MgH2].[Nb][SbH2]. The van der Waals surface area contributed by atoms with Crippen LogP contribution in [0.15, 0.2) is 0 Å². The van der Waals surface area contributed by atoms with Crippen molar-refractivity contribution in [2.45, 2.75) is 0 Å². The topological polar surface area (TPSA) is 0 Å². The van der Waals surface area contributed by atoms with Crippen LogP contribution in [0, 0.1) is 0 Å². The van der Waals surface area contributed by atoms with Crippen LogP contribution in [0.3, 0.4) is 0 Å². The van der Waals surface area contributed by atoms with Gasteiger partial charge in [-0.2, -0.15) is 0 Å². The summed E-state index contributed by atoms with van der Waals surface area (Å²) in [6, 6.07) is 0. The molecular weight excluding hydrogens is 385 g/mol. The van der Waals surface area contributed by atoms with Crippen LogP contribution < -0.4 is 0 Å². The zero-order valence-corrected chi connectivity index (χ0v) is 9.22. The first kappa shape index (κ1) is 32.7. The van der Waals surface area contributed by atoms with Gasteiger partial charge in [0, 0.05) is 34.1 Å². The molecule has 0 bridgehead atoms. The summed E-state index contributed by atoms with van der Waals surface area (Å²) >= 11 is 3.28. The van der Waals surface area contributed by atoms with E-state index in [1.54, 1.807) is 0 Å². The molecule has 0 aromatic carbocycles. The first-order valence-electron chi connectivity index (χ1n) is 0.258. The molecule has 6 heteroatoms. The van der Waals surface area contributed by atoms with E-state index in [2.05, 4.69) is 0 Å². The van der Waals surface area contributed by atoms with Gasteiger partial charge in [-0.25, -0.2) is 0 Å². The molecule has 0 fully saturated rings. The van der Waals surface area contributed by atoms with Crippen LogP contribution in [0.1, 0.15) is 0 Å². The van der Waals surface area contributed by atoms with E-state index in [9.17, 15) is 0 Å². The van der Waals surface area contributed by atoms with Crippen molar-refractivity contribution in [1.29, 1.82) is 0 Å². The first-order chi connectivity index (χ1) is 1.00. The average molecular weight is 392 g/mol. The summed E-state index contributed by atoms with van der Waals surface area (Å²) in [4.78, 5) is 0. The van der Waals surface area contributed by atoms with Crippen molar-refractivity contribution in [3.05, 3.63) is 0 Å². The third-order valence-corrected chi connectivity index (χ3v) is 0. The van der Waals surface area contributed by atoms with Crippen molar-refractivity contribution in [3.63, 3.8) is 0 Å². The fraction of sp³-hybridized carbons (Fsp3) is 0. The summed E-state index contributed by atoms with van der Waals surface area (Å²) in [5.74, 6) is 0. The second-order valence-electron chi connectivity index (χ2n) is 0. The average Bonchev–Trinajstić information content (AvgIpc) is 1.00. The van der Waals surface area contributed by atoms with Crippen molar-refractivity contribution in [2.75, 3.05) is 0 Å². The molecule has 0 aliphatic rings. The Labute approximate surface area is 109 Å². The Morgan fingerprint density at radius 2 is 1.17 bits per heavy atom. The summed E-state index contributed by atoms with van der Waals surface area (Å²) < 4.78 is 0. The van der Waals surface area contributed by atoms with Crippen LogP contribution in [0.5, 0.6) is 0 Å². The molecule has 0 saturated carbocycles. The molecule has 0 saturated heterocycles. The molecule has 0 rings (SSSR count). The zero-order valence-electron chi connectivity index (χ0n) is 1.68. The van der Waals surface area contributed by atoms with E-state index >= 15 is 0 Å². The quantitative estimate of drug-likeness (QED) is 0.385. The second-order valence-corrected chi connectivity index (χ2v) is 0. The Kier molecular flexibility index (Phi) is 199. The fourth-order valence-corrected chi connectivity index (χ4v) is 0. The molecule has 0 N–H and O–H groups in total. The van der Waals surface area contributed by atoms with Gasteiger partial charge in [0.15, 0.2) is 17.4 Å². The van der Waals surface area contributed by atoms with Crippen LogP contribution in [0.2, 0.25) is 0 Å². The monoisotopic (exact) mass is 391 g/mol. The Morgan fingerprint density at radius 3 is 1.17 bits per heavy atom. The van der Waals surface area contributed by atoms with Crippen LogP contribution in [0.4, 0.5) is 0 Å². The Bertz CT molecular complexity index is 15.5. The second kappa shape index (κ2) is 36.5. The molecule has 0 aromatic heterocycles. The van der Waals surface area contributed by atoms with Gasteiger partial charge < -0.3 is 0 Å². The zero-order chi connectivity index (χ0) is 2.00. The van der Waals surface area contributed by atoms with E-state index in [1.165, 1.54) is 19.4 Å². The van der Waals surface area contributed by atoms with Crippen molar-refractivity contribution in [2.24, 2.45) is 0 Å². The molecular formula is H7AlCuFeMgNbSb. The van der Waals surface area contributed by atoms with E-state index in [0.29, 0.717) is 0 Å². The maximum atomic E-state index is 1.88. The molecule has 1 radical (unpaired) electrons. The summed E-state index contributed by atoms with van der Waals surface area (Å²) in [7, 11) is 0. The third kappa shape index (κ3) is 24.7. The molecule has 0 heterocycles. The summed E-state index contributed by atoms with van der Waals surface area (Å²) in [6.45, 7) is 0. The maximum absolute atomic E-state index is 1.88. The molecule has 41 valence electrons. The Hall–Kier alpha value is 3.90. The van der Waals surface area contributed by atoms with Gasteiger partial charge in [-0.15, -0.1) is 0 Å². The van der Waals surface area contributed by atoms with Crippen molar-refractivity contribution in [3.8, 4) is 0 Å². The predicted octanol–water partition coefficient (Wildman–Crippen LogP) is -3.02. The Balaban J connectivity index is -0.000000000833. The van der Waals surface area contributed by atoms with Gasteiger partial charge in [0.25, 0.3) is 0 Å². The van der Waals surface area contributed by atoms with Crippen LogP contribution >= 0.6 is 0 Å². The van der Waals surface area contributed by atoms with Gasteiger partial charge in [-0.05, 0) is 0 Å². The molecule has 0 amide bonds. The van der Waals surface area contributed by atoms with E-state index in [4.69, 9.17) is 0 Å². The molecule has 0 unspecified atom stereocenters. The van der Waals surface area contributed by atoms with Crippen LogP contribution in [0.25, 0.3) is 0 Å². The van der Waals surface area contributed by atoms with Gasteiger partial charge in [0.1, 0.15) is 0 Å². The van der Waals surface area contributed by atoms with Gasteiger partial charge in [0.05, 0.1) is 0 Å². The molecule has 0 aromatic rings. The van der Waals surface area contributed by atoms with Crippen LogP contribution in [-0.2, 0) is 51.3 Å². The van der Waals surface area contributed by atoms with Crippen molar-refractivity contribution in [1.82, 2.24) is 0 Å². The predicted molar refractivity (Wildman–Crippen MR) is 27.0 cm³/mol. The number of rotatable bonds is 0. The molecule has 0 aliphatic carbocycles. The summed E-state index contributed by atoms with van der Waals surface area (Å²) in [5.41, 5.74) is 0. The molecule has 0 nitrogen and oxygen atoms in total. The third-order valence-electron chi connectivity index (χ3n) is 0. The van der Waals surface area contributed by atoms with Crippen molar-refractivity contribution >= 4 is 59.8 Å². The minimum absolute atomic E-state index is 0. The molecule has 0 spiro atoms. The van der Waals surface area contributed by atoms with E-state index in [0.717, 1.165) is 0 Å². The normalized spacial score (nSPS) is 0.833. The molecule has 0 aliphatic heterocycles. The number of hydrogen-bond acceptors (Lipinski definition) is 0. The standard InChI is InChI=1S/Al.Cu.Fe.Mg.Nb.Sb.7H. The number of hydrogen-bond donors (Lipinski definition) is 0. The fourth-order valence-electron chi connectivity index (χ4n) is 0. The Morgan fingerprint density at radius 1 is 1.17 bits per heavy atom. The van der Waals surface area contributed by atoms with E-state index in [1.807, 2.05) is 17.1 Å². The van der Waals surface area contributed by atoms with Gasteiger partial charge in [0.2, 0.25) is 0 Å². The summed E-state index contributed by atoms with van der Waals surface area (Å²) in [6.07, 6.45) is 0. The van der Waals surface area contributed by atoms with Crippen LogP contribution in [-0.4, -0.2) is 59.8 Å². The van der Waals surface area contributed by atoms with Gasteiger partial charge in [-0.1, -0.05) is 0 Å². The van der Waals surface area contributed by atoms with Gasteiger partial charge >= 0.3 is 59.6 Å². The minimum atomic E-state index is 0.